The second-order valence-electron chi connectivity index (χ2n) is 4.93. The van der Waals surface area contributed by atoms with Crippen LogP contribution in [0, 0.1) is 5.82 Å². The van der Waals surface area contributed by atoms with Gasteiger partial charge in [-0.1, -0.05) is 0 Å². The number of ether oxygens (including phenoxy) is 2. The summed E-state index contributed by atoms with van der Waals surface area (Å²) in [6, 6.07) is 9.60. The molecule has 6 nitrogen and oxygen atoms in total. The van der Waals surface area contributed by atoms with Crippen LogP contribution in [0.15, 0.2) is 48.2 Å². The van der Waals surface area contributed by atoms with E-state index in [1.54, 1.807) is 18.2 Å². The molecule has 0 aliphatic carbocycles. The Hall–Kier alpha value is -3.35. The van der Waals surface area contributed by atoms with Crippen LogP contribution < -0.4 is 14.8 Å². The largest absolute Gasteiger partial charge is 0.497 e. The Kier molecular flexibility index (Phi) is 5.73. The fraction of sp³-hybridized carbons (Fsp3) is 0.111. The summed E-state index contributed by atoms with van der Waals surface area (Å²) in [4.78, 5) is 23.6. The minimum absolute atomic E-state index is 0.131. The zero-order valence-corrected chi connectivity index (χ0v) is 13.6. The maximum absolute atomic E-state index is 12.9. The van der Waals surface area contributed by atoms with E-state index >= 15 is 0 Å². The lowest BCUT2D eigenvalue weighted by Crippen LogP contribution is -2.27. The maximum atomic E-state index is 12.9. The van der Waals surface area contributed by atoms with Crippen molar-refractivity contribution in [1.82, 2.24) is 5.32 Å². The minimum atomic E-state index is -1.33. The van der Waals surface area contributed by atoms with Gasteiger partial charge in [-0.2, -0.15) is 0 Å². The second kappa shape index (κ2) is 7.96. The van der Waals surface area contributed by atoms with E-state index < -0.39 is 17.7 Å². The van der Waals surface area contributed by atoms with Crippen LogP contribution in [0.3, 0.4) is 0 Å². The first-order chi connectivity index (χ1) is 11.9. The molecule has 0 saturated heterocycles. The maximum Gasteiger partial charge on any atom is 0.352 e. The fourth-order valence-corrected chi connectivity index (χ4v) is 2.05. The highest BCUT2D eigenvalue weighted by molar-refractivity contribution is 6.02. The quantitative estimate of drug-likeness (QED) is 0.787. The first-order valence-electron chi connectivity index (χ1n) is 7.18. The molecule has 25 heavy (non-hydrogen) atoms. The molecule has 0 bridgehead atoms. The monoisotopic (exact) mass is 345 g/mol. The smallest absolute Gasteiger partial charge is 0.352 e. The molecule has 0 atom stereocenters. The number of hydrogen-bond donors (Lipinski definition) is 2. The van der Waals surface area contributed by atoms with Gasteiger partial charge in [0.2, 0.25) is 0 Å². The van der Waals surface area contributed by atoms with Gasteiger partial charge in [0.25, 0.3) is 5.91 Å². The van der Waals surface area contributed by atoms with E-state index in [0.29, 0.717) is 17.1 Å². The number of amides is 1. The lowest BCUT2D eigenvalue weighted by molar-refractivity contribution is -0.132. The molecule has 2 aromatic rings. The van der Waals surface area contributed by atoms with Crippen molar-refractivity contribution in [3.05, 3.63) is 65.1 Å². The molecule has 0 radical (unpaired) electrons. The molecule has 1 amide bonds. The molecule has 0 unspecified atom stereocenters. The van der Waals surface area contributed by atoms with E-state index in [4.69, 9.17) is 9.47 Å². The first kappa shape index (κ1) is 18.0. The predicted molar refractivity (Wildman–Crippen MR) is 89.0 cm³/mol. The summed E-state index contributed by atoms with van der Waals surface area (Å²) < 4.78 is 23.2. The van der Waals surface area contributed by atoms with E-state index in [0.717, 1.165) is 12.1 Å². The molecule has 0 fully saturated rings. The minimum Gasteiger partial charge on any atom is -0.497 e. The third kappa shape index (κ3) is 4.57. The van der Waals surface area contributed by atoms with E-state index in [9.17, 15) is 19.1 Å². The van der Waals surface area contributed by atoms with E-state index in [-0.39, 0.29) is 11.3 Å². The number of hydrogen-bond acceptors (Lipinski definition) is 4. The summed E-state index contributed by atoms with van der Waals surface area (Å²) >= 11 is 0. The molecule has 0 heterocycles. The van der Waals surface area contributed by atoms with Crippen molar-refractivity contribution in [2.75, 3.05) is 14.2 Å². The van der Waals surface area contributed by atoms with Crippen LogP contribution in [0.5, 0.6) is 11.5 Å². The van der Waals surface area contributed by atoms with Gasteiger partial charge < -0.3 is 19.9 Å². The standard InChI is InChI=1S/C18H16FNO5/c1-24-14-7-8-16(25-2)12(9-14)10-15(18(22)23)20-17(21)11-3-5-13(19)6-4-11/h3-10H,1-2H3,(H,20,21)(H,22,23)/b15-10+. The van der Waals surface area contributed by atoms with Crippen LogP contribution >= 0.6 is 0 Å². The number of carboxylic acids is 1. The Morgan fingerprint density at radius 3 is 2.32 bits per heavy atom. The number of benzene rings is 2. The van der Waals surface area contributed by atoms with Crippen molar-refractivity contribution in [3.8, 4) is 11.5 Å². The van der Waals surface area contributed by atoms with Crippen LogP contribution in [-0.4, -0.2) is 31.2 Å². The second-order valence-corrected chi connectivity index (χ2v) is 4.93. The summed E-state index contributed by atoms with van der Waals surface area (Å²) in [7, 11) is 2.92. The number of carboxylic acid groups (broad SMARTS) is 1. The topological polar surface area (TPSA) is 84.9 Å². The van der Waals surface area contributed by atoms with Crippen molar-refractivity contribution in [3.63, 3.8) is 0 Å². The van der Waals surface area contributed by atoms with E-state index in [1.165, 1.54) is 32.4 Å². The number of methoxy groups -OCH3 is 2. The zero-order valence-electron chi connectivity index (χ0n) is 13.6. The fourth-order valence-electron chi connectivity index (χ4n) is 2.05. The number of nitrogens with one attached hydrogen (secondary N) is 1. The van der Waals surface area contributed by atoms with Gasteiger partial charge in [-0.3, -0.25) is 4.79 Å². The Labute approximate surface area is 143 Å². The average molecular weight is 345 g/mol. The Morgan fingerprint density at radius 1 is 1.08 bits per heavy atom. The highest BCUT2D eigenvalue weighted by Crippen LogP contribution is 2.26. The van der Waals surface area contributed by atoms with Gasteiger partial charge in [0.1, 0.15) is 23.0 Å². The van der Waals surface area contributed by atoms with Gasteiger partial charge in [0, 0.05) is 11.1 Å². The number of carbonyl (C=O) groups is 2. The van der Waals surface area contributed by atoms with Crippen LogP contribution in [-0.2, 0) is 4.79 Å². The van der Waals surface area contributed by atoms with Gasteiger partial charge >= 0.3 is 5.97 Å². The Balaban J connectivity index is 2.34. The number of carbonyl (C=O) groups excluding carboxylic acids is 1. The Morgan fingerprint density at radius 2 is 1.76 bits per heavy atom. The SMILES string of the molecule is COc1ccc(OC)c(/C=C(/NC(=O)c2ccc(F)cc2)C(=O)O)c1. The lowest BCUT2D eigenvalue weighted by atomic mass is 10.1. The molecule has 0 aromatic heterocycles. The molecule has 2 N–H and O–H groups in total. The van der Waals surface area contributed by atoms with Gasteiger partial charge in [-0.15, -0.1) is 0 Å². The Bertz CT molecular complexity index is 815. The summed E-state index contributed by atoms with van der Waals surface area (Å²) in [5, 5.41) is 11.6. The van der Waals surface area contributed by atoms with Crippen molar-refractivity contribution >= 4 is 18.0 Å². The number of halogens is 1. The van der Waals surface area contributed by atoms with Crippen molar-refractivity contribution in [1.29, 1.82) is 0 Å². The molecule has 7 heteroatoms. The van der Waals surface area contributed by atoms with Gasteiger partial charge in [0.05, 0.1) is 14.2 Å². The van der Waals surface area contributed by atoms with E-state index in [1.807, 2.05) is 0 Å². The van der Waals surface area contributed by atoms with Crippen LogP contribution in [0.2, 0.25) is 0 Å². The van der Waals surface area contributed by atoms with Crippen molar-refractivity contribution < 1.29 is 28.6 Å². The van der Waals surface area contributed by atoms with Crippen molar-refractivity contribution in [2.45, 2.75) is 0 Å². The van der Waals surface area contributed by atoms with Crippen LogP contribution in [0.1, 0.15) is 15.9 Å². The predicted octanol–water partition coefficient (Wildman–Crippen LogP) is 2.70. The highest BCUT2D eigenvalue weighted by atomic mass is 19.1. The summed E-state index contributed by atoms with van der Waals surface area (Å²) in [6.07, 6.45) is 1.26. The normalized spacial score (nSPS) is 10.9. The number of aliphatic carboxylic acids is 1. The van der Waals surface area contributed by atoms with Crippen LogP contribution in [0.25, 0.3) is 6.08 Å². The van der Waals surface area contributed by atoms with Gasteiger partial charge in [-0.05, 0) is 48.5 Å². The third-order valence-electron chi connectivity index (χ3n) is 3.32. The molecular weight excluding hydrogens is 329 g/mol. The summed E-state index contributed by atoms with van der Waals surface area (Å²) in [6.45, 7) is 0. The van der Waals surface area contributed by atoms with Gasteiger partial charge in [-0.25, -0.2) is 9.18 Å². The zero-order chi connectivity index (χ0) is 18.4. The number of rotatable bonds is 6. The van der Waals surface area contributed by atoms with Gasteiger partial charge in [0.15, 0.2) is 0 Å². The molecule has 0 aliphatic heterocycles. The molecule has 130 valence electrons. The third-order valence-corrected chi connectivity index (χ3v) is 3.32. The molecule has 2 aromatic carbocycles. The first-order valence-corrected chi connectivity index (χ1v) is 7.18. The van der Waals surface area contributed by atoms with Crippen LogP contribution in [0.4, 0.5) is 4.39 Å². The molecule has 2 rings (SSSR count). The highest BCUT2D eigenvalue weighted by Gasteiger charge is 2.15. The summed E-state index contributed by atoms with van der Waals surface area (Å²) in [5.74, 6) is -1.58. The van der Waals surface area contributed by atoms with E-state index in [2.05, 4.69) is 5.32 Å². The summed E-state index contributed by atoms with van der Waals surface area (Å²) in [5.41, 5.74) is 0.186. The lowest BCUT2D eigenvalue weighted by Gasteiger charge is -2.10. The average Bonchev–Trinajstić information content (AvgIpc) is 2.61. The van der Waals surface area contributed by atoms with Crippen molar-refractivity contribution in [2.24, 2.45) is 0 Å². The molecule has 0 saturated carbocycles. The molecule has 0 aliphatic rings. The molecular formula is C18H16FNO5. The molecule has 0 spiro atoms.